The summed E-state index contributed by atoms with van der Waals surface area (Å²) in [7, 11) is 0. The van der Waals surface area contributed by atoms with E-state index in [9.17, 15) is 4.79 Å². The van der Waals surface area contributed by atoms with Crippen LogP contribution in [0.5, 0.6) is 0 Å². The number of rotatable bonds is 6. The minimum Gasteiger partial charge on any atom is -0.467 e. The van der Waals surface area contributed by atoms with E-state index in [2.05, 4.69) is 11.1 Å². The van der Waals surface area contributed by atoms with Crippen molar-refractivity contribution in [1.29, 1.82) is 0 Å². The SMILES string of the molecule is CSc1ccc2nc(N(Cc3ccco3)C(=O)/C=C/c3ccccc3)sc2c1. The normalized spacial score (nSPS) is 11.3. The summed E-state index contributed by atoms with van der Waals surface area (Å²) in [6.07, 6.45) is 7.05. The Morgan fingerprint density at radius 3 is 2.79 bits per heavy atom. The van der Waals surface area contributed by atoms with Gasteiger partial charge in [-0.1, -0.05) is 41.7 Å². The molecule has 4 aromatic rings. The predicted octanol–water partition coefficient (Wildman–Crippen LogP) is 5.86. The Bertz CT molecular complexity index is 1100. The lowest BCUT2D eigenvalue weighted by molar-refractivity contribution is -0.114. The molecule has 0 spiro atoms. The summed E-state index contributed by atoms with van der Waals surface area (Å²) in [5, 5.41) is 0.660. The third kappa shape index (κ3) is 4.18. The van der Waals surface area contributed by atoms with Crippen molar-refractivity contribution in [3.05, 3.63) is 84.3 Å². The fourth-order valence-electron chi connectivity index (χ4n) is 2.76. The van der Waals surface area contributed by atoms with Crippen LogP contribution in [-0.2, 0) is 11.3 Å². The van der Waals surface area contributed by atoms with E-state index in [1.54, 1.807) is 29.0 Å². The van der Waals surface area contributed by atoms with Crippen LogP contribution in [0.25, 0.3) is 16.3 Å². The number of aromatic nitrogens is 1. The molecule has 28 heavy (non-hydrogen) atoms. The number of thiazole rings is 1. The molecule has 0 atom stereocenters. The number of amides is 1. The molecule has 2 aromatic carbocycles. The van der Waals surface area contributed by atoms with Gasteiger partial charge in [0.05, 0.1) is 23.0 Å². The molecular weight excluding hydrogens is 388 g/mol. The van der Waals surface area contributed by atoms with Crippen LogP contribution in [0, 0.1) is 0 Å². The zero-order valence-corrected chi connectivity index (χ0v) is 16.9. The van der Waals surface area contributed by atoms with Gasteiger partial charge in [-0.25, -0.2) is 4.98 Å². The van der Waals surface area contributed by atoms with Gasteiger partial charge in [-0.2, -0.15) is 0 Å². The van der Waals surface area contributed by atoms with E-state index in [0.717, 1.165) is 15.8 Å². The molecule has 140 valence electrons. The first-order valence-electron chi connectivity index (χ1n) is 8.74. The van der Waals surface area contributed by atoms with Crippen LogP contribution in [0.3, 0.4) is 0 Å². The summed E-state index contributed by atoms with van der Waals surface area (Å²) < 4.78 is 6.53. The lowest BCUT2D eigenvalue weighted by atomic mass is 10.2. The first kappa shape index (κ1) is 18.5. The Morgan fingerprint density at radius 2 is 2.04 bits per heavy atom. The number of anilines is 1. The molecule has 4 rings (SSSR count). The number of furan rings is 1. The summed E-state index contributed by atoms with van der Waals surface area (Å²) in [6.45, 7) is 0.334. The second kappa shape index (κ2) is 8.46. The Morgan fingerprint density at radius 1 is 1.18 bits per heavy atom. The highest BCUT2D eigenvalue weighted by Gasteiger charge is 2.19. The van der Waals surface area contributed by atoms with Gasteiger partial charge < -0.3 is 4.42 Å². The highest BCUT2D eigenvalue weighted by molar-refractivity contribution is 7.98. The fraction of sp³-hybridized carbons (Fsp3) is 0.0909. The Labute approximate surface area is 171 Å². The van der Waals surface area contributed by atoms with Crippen molar-refractivity contribution in [3.8, 4) is 0 Å². The lowest BCUT2D eigenvalue weighted by Gasteiger charge is -2.16. The fourth-order valence-corrected chi connectivity index (χ4v) is 4.28. The molecule has 0 unspecified atom stereocenters. The maximum absolute atomic E-state index is 13.0. The third-order valence-corrected chi connectivity index (χ3v) is 5.96. The number of carbonyl (C=O) groups is 1. The van der Waals surface area contributed by atoms with Gasteiger partial charge >= 0.3 is 0 Å². The Balaban J connectivity index is 1.67. The monoisotopic (exact) mass is 406 g/mol. The highest BCUT2D eigenvalue weighted by Crippen LogP contribution is 2.32. The maximum atomic E-state index is 13.0. The van der Waals surface area contributed by atoms with Crippen LogP contribution in [0.4, 0.5) is 5.13 Å². The van der Waals surface area contributed by atoms with Crippen LogP contribution in [0.1, 0.15) is 11.3 Å². The van der Waals surface area contributed by atoms with Gasteiger partial charge in [0.15, 0.2) is 5.13 Å². The second-order valence-electron chi connectivity index (χ2n) is 6.08. The molecule has 0 bridgehead atoms. The zero-order valence-electron chi connectivity index (χ0n) is 15.2. The summed E-state index contributed by atoms with van der Waals surface area (Å²) in [5.41, 5.74) is 1.87. The minimum atomic E-state index is -0.135. The molecule has 0 aliphatic rings. The van der Waals surface area contributed by atoms with Gasteiger partial charge in [0.2, 0.25) is 0 Å². The standard InChI is InChI=1S/C22H18N2O2S2/c1-27-18-10-11-19-20(14-18)28-22(23-19)24(15-17-8-5-13-26-17)21(25)12-9-16-6-3-2-4-7-16/h2-14H,15H2,1H3/b12-9+. The topological polar surface area (TPSA) is 46.3 Å². The van der Waals surface area contributed by atoms with E-state index in [4.69, 9.17) is 4.42 Å². The number of hydrogen-bond acceptors (Lipinski definition) is 5. The number of carbonyl (C=O) groups excluding carboxylic acids is 1. The molecule has 4 nitrogen and oxygen atoms in total. The summed E-state index contributed by atoms with van der Waals surface area (Å²) in [4.78, 5) is 20.5. The molecule has 0 N–H and O–H groups in total. The first-order valence-corrected chi connectivity index (χ1v) is 10.8. The molecule has 2 heterocycles. The average molecular weight is 407 g/mol. The quantitative estimate of drug-likeness (QED) is 0.297. The van der Waals surface area contributed by atoms with E-state index in [-0.39, 0.29) is 5.91 Å². The minimum absolute atomic E-state index is 0.135. The first-order chi connectivity index (χ1) is 13.7. The van der Waals surface area contributed by atoms with Crippen LogP contribution >= 0.6 is 23.1 Å². The van der Waals surface area contributed by atoms with Gasteiger partial charge in [0, 0.05) is 11.0 Å². The van der Waals surface area contributed by atoms with E-state index >= 15 is 0 Å². The summed E-state index contributed by atoms with van der Waals surface area (Å²) in [5.74, 6) is 0.579. The molecule has 0 aliphatic heterocycles. The number of fused-ring (bicyclic) bond motifs is 1. The lowest BCUT2D eigenvalue weighted by Crippen LogP contribution is -2.28. The average Bonchev–Trinajstić information content (AvgIpc) is 3.39. The smallest absolute Gasteiger partial charge is 0.253 e. The Kier molecular flexibility index (Phi) is 5.60. The van der Waals surface area contributed by atoms with Crippen LogP contribution in [-0.4, -0.2) is 17.1 Å². The zero-order chi connectivity index (χ0) is 19.3. The summed E-state index contributed by atoms with van der Waals surface area (Å²) in [6, 6.07) is 19.6. The van der Waals surface area contributed by atoms with Gasteiger partial charge in [-0.15, -0.1) is 11.8 Å². The molecule has 0 saturated carbocycles. The largest absolute Gasteiger partial charge is 0.467 e. The number of benzene rings is 2. The van der Waals surface area contributed by atoms with Crippen LogP contribution in [0.2, 0.25) is 0 Å². The molecule has 1 amide bonds. The van der Waals surface area contributed by atoms with E-state index in [1.165, 1.54) is 16.2 Å². The molecule has 6 heteroatoms. The Hall–Kier alpha value is -2.83. The van der Waals surface area contributed by atoms with Crippen molar-refractivity contribution in [1.82, 2.24) is 4.98 Å². The third-order valence-electron chi connectivity index (χ3n) is 4.19. The van der Waals surface area contributed by atoms with E-state index in [0.29, 0.717) is 17.4 Å². The number of thioether (sulfide) groups is 1. The predicted molar refractivity (Wildman–Crippen MR) is 117 cm³/mol. The molecule has 0 radical (unpaired) electrons. The molecular formula is C22H18N2O2S2. The molecule has 0 fully saturated rings. The highest BCUT2D eigenvalue weighted by atomic mass is 32.2. The van der Waals surface area contributed by atoms with Gasteiger partial charge in [0.25, 0.3) is 5.91 Å². The number of hydrogen-bond donors (Lipinski definition) is 0. The van der Waals surface area contributed by atoms with Gasteiger partial charge in [0.1, 0.15) is 5.76 Å². The molecule has 0 saturated heterocycles. The number of nitrogens with zero attached hydrogens (tertiary/aromatic N) is 2. The van der Waals surface area contributed by atoms with Crippen LogP contribution in [0.15, 0.2) is 82.3 Å². The van der Waals surface area contributed by atoms with Gasteiger partial charge in [-0.3, -0.25) is 9.69 Å². The van der Waals surface area contributed by atoms with Gasteiger partial charge in [-0.05, 0) is 48.2 Å². The van der Waals surface area contributed by atoms with Crippen molar-refractivity contribution in [2.45, 2.75) is 11.4 Å². The van der Waals surface area contributed by atoms with E-state index in [1.807, 2.05) is 66.9 Å². The summed E-state index contributed by atoms with van der Waals surface area (Å²) >= 11 is 3.20. The van der Waals surface area contributed by atoms with Crippen LogP contribution < -0.4 is 4.90 Å². The van der Waals surface area contributed by atoms with Crippen molar-refractivity contribution in [3.63, 3.8) is 0 Å². The van der Waals surface area contributed by atoms with Crippen molar-refractivity contribution >= 4 is 50.4 Å². The van der Waals surface area contributed by atoms with E-state index < -0.39 is 0 Å². The van der Waals surface area contributed by atoms with Crippen molar-refractivity contribution in [2.75, 3.05) is 11.2 Å². The van der Waals surface area contributed by atoms with Crippen molar-refractivity contribution in [2.24, 2.45) is 0 Å². The maximum Gasteiger partial charge on any atom is 0.253 e. The molecule has 0 aliphatic carbocycles. The second-order valence-corrected chi connectivity index (χ2v) is 7.97. The van der Waals surface area contributed by atoms with Crippen molar-refractivity contribution < 1.29 is 9.21 Å². The molecule has 2 aromatic heterocycles.